The number of ether oxygens (including phenoxy) is 3. The molecule has 98 valence electrons. The molecular weight excluding hydrogens is 206 g/mol. The largest absolute Gasteiger partial charge is 0.385 e. The van der Waals surface area contributed by atoms with Gasteiger partial charge in [0.25, 0.3) is 0 Å². The normalized spacial score (nSPS) is 12.9. The lowest BCUT2D eigenvalue weighted by Gasteiger charge is -2.08. The first-order chi connectivity index (χ1) is 7.81. The first-order valence-corrected chi connectivity index (χ1v) is 6.21. The molecule has 0 aromatic rings. The molecule has 0 rings (SSSR count). The molecule has 0 saturated carbocycles. The highest BCUT2D eigenvalue weighted by atomic mass is 16.5. The third-order valence-electron chi connectivity index (χ3n) is 2.40. The zero-order valence-electron chi connectivity index (χ0n) is 10.7. The summed E-state index contributed by atoms with van der Waals surface area (Å²) in [4.78, 5) is 0. The summed E-state index contributed by atoms with van der Waals surface area (Å²) >= 11 is 0. The van der Waals surface area contributed by atoms with E-state index >= 15 is 0 Å². The minimum absolute atomic E-state index is 0.328. The summed E-state index contributed by atoms with van der Waals surface area (Å²) in [5.41, 5.74) is 5.79. The molecule has 0 spiro atoms. The maximum atomic E-state index is 5.79. The fourth-order valence-electron chi connectivity index (χ4n) is 1.28. The van der Waals surface area contributed by atoms with Crippen molar-refractivity contribution in [2.45, 2.75) is 38.6 Å². The zero-order chi connectivity index (χ0) is 12.1. The highest BCUT2D eigenvalue weighted by Gasteiger charge is 1.98. The monoisotopic (exact) mass is 233 g/mol. The van der Waals surface area contributed by atoms with Crippen LogP contribution in [0, 0.1) is 0 Å². The number of hydrogen-bond acceptors (Lipinski definition) is 4. The summed E-state index contributed by atoms with van der Waals surface area (Å²) in [5.74, 6) is 0. The van der Waals surface area contributed by atoms with E-state index in [1.165, 1.54) is 0 Å². The standard InChI is InChI=1S/C12H27NO3/c1-3-12(13)6-4-8-15-10-11-16-9-5-7-14-2/h12H,3-11,13H2,1-2H3. The van der Waals surface area contributed by atoms with E-state index in [4.69, 9.17) is 19.9 Å². The fourth-order valence-corrected chi connectivity index (χ4v) is 1.28. The molecular formula is C12H27NO3. The molecule has 16 heavy (non-hydrogen) atoms. The van der Waals surface area contributed by atoms with E-state index in [1.807, 2.05) is 0 Å². The van der Waals surface area contributed by atoms with Crippen molar-refractivity contribution in [2.75, 3.05) is 40.1 Å². The van der Waals surface area contributed by atoms with Gasteiger partial charge in [-0.15, -0.1) is 0 Å². The molecule has 0 aromatic heterocycles. The minimum Gasteiger partial charge on any atom is -0.385 e. The zero-order valence-corrected chi connectivity index (χ0v) is 10.7. The average Bonchev–Trinajstić information content (AvgIpc) is 2.31. The van der Waals surface area contributed by atoms with Crippen LogP contribution in [0.3, 0.4) is 0 Å². The van der Waals surface area contributed by atoms with Crippen molar-refractivity contribution in [2.24, 2.45) is 5.73 Å². The van der Waals surface area contributed by atoms with E-state index in [0.717, 1.165) is 45.5 Å². The van der Waals surface area contributed by atoms with Crippen LogP contribution in [0.2, 0.25) is 0 Å². The number of rotatable bonds is 12. The second kappa shape index (κ2) is 12.9. The molecule has 0 bridgehead atoms. The van der Waals surface area contributed by atoms with Gasteiger partial charge in [-0.1, -0.05) is 6.92 Å². The Kier molecular flexibility index (Phi) is 12.8. The van der Waals surface area contributed by atoms with Crippen LogP contribution >= 0.6 is 0 Å². The van der Waals surface area contributed by atoms with Crippen molar-refractivity contribution in [3.05, 3.63) is 0 Å². The molecule has 1 atom stereocenters. The van der Waals surface area contributed by atoms with Gasteiger partial charge in [0.2, 0.25) is 0 Å². The molecule has 2 N–H and O–H groups in total. The predicted octanol–water partition coefficient (Wildman–Crippen LogP) is 1.57. The maximum Gasteiger partial charge on any atom is 0.0700 e. The minimum atomic E-state index is 0.328. The van der Waals surface area contributed by atoms with Gasteiger partial charge in [0.05, 0.1) is 13.2 Å². The molecule has 0 radical (unpaired) electrons. The van der Waals surface area contributed by atoms with Crippen molar-refractivity contribution in [3.63, 3.8) is 0 Å². The van der Waals surface area contributed by atoms with Crippen LogP contribution in [0.5, 0.6) is 0 Å². The molecule has 0 fully saturated rings. The Hall–Kier alpha value is -0.160. The highest BCUT2D eigenvalue weighted by molar-refractivity contribution is 4.57. The Bertz CT molecular complexity index is 133. The first-order valence-electron chi connectivity index (χ1n) is 6.21. The quantitative estimate of drug-likeness (QED) is 0.520. The van der Waals surface area contributed by atoms with Crippen molar-refractivity contribution in [1.29, 1.82) is 0 Å². The summed E-state index contributed by atoms with van der Waals surface area (Å²) in [6.07, 6.45) is 4.08. The van der Waals surface area contributed by atoms with Crippen LogP contribution in [-0.2, 0) is 14.2 Å². The van der Waals surface area contributed by atoms with Gasteiger partial charge in [-0.3, -0.25) is 0 Å². The second-order valence-electron chi connectivity index (χ2n) is 3.88. The van der Waals surface area contributed by atoms with Crippen LogP contribution in [0.4, 0.5) is 0 Å². The summed E-state index contributed by atoms with van der Waals surface area (Å²) in [6.45, 7) is 5.75. The summed E-state index contributed by atoms with van der Waals surface area (Å²) in [5, 5.41) is 0. The Morgan fingerprint density at radius 2 is 1.56 bits per heavy atom. The van der Waals surface area contributed by atoms with E-state index < -0.39 is 0 Å². The van der Waals surface area contributed by atoms with Crippen molar-refractivity contribution in [3.8, 4) is 0 Å². The van der Waals surface area contributed by atoms with Gasteiger partial charge < -0.3 is 19.9 Å². The second-order valence-corrected chi connectivity index (χ2v) is 3.88. The van der Waals surface area contributed by atoms with Gasteiger partial charge in [-0.2, -0.15) is 0 Å². The van der Waals surface area contributed by atoms with Crippen LogP contribution in [0.25, 0.3) is 0 Å². The Labute approximate surface area is 99.4 Å². The molecule has 1 unspecified atom stereocenters. The van der Waals surface area contributed by atoms with E-state index in [1.54, 1.807) is 7.11 Å². The summed E-state index contributed by atoms with van der Waals surface area (Å²) in [6, 6.07) is 0.328. The lowest BCUT2D eigenvalue weighted by molar-refractivity contribution is 0.0384. The molecule has 0 heterocycles. The number of methoxy groups -OCH3 is 1. The fraction of sp³-hybridized carbons (Fsp3) is 1.00. The SMILES string of the molecule is CCC(N)CCCOCCOCCCOC. The molecule has 0 amide bonds. The third kappa shape index (κ3) is 11.9. The molecule has 0 aliphatic carbocycles. The van der Waals surface area contributed by atoms with Crippen molar-refractivity contribution >= 4 is 0 Å². The molecule has 0 aliphatic heterocycles. The molecule has 4 heteroatoms. The van der Waals surface area contributed by atoms with Gasteiger partial charge in [-0.05, 0) is 25.7 Å². The van der Waals surface area contributed by atoms with Crippen molar-refractivity contribution in [1.82, 2.24) is 0 Å². The topological polar surface area (TPSA) is 53.7 Å². The van der Waals surface area contributed by atoms with Gasteiger partial charge in [0.1, 0.15) is 0 Å². The van der Waals surface area contributed by atoms with Gasteiger partial charge >= 0.3 is 0 Å². The van der Waals surface area contributed by atoms with E-state index in [9.17, 15) is 0 Å². The van der Waals surface area contributed by atoms with Crippen LogP contribution < -0.4 is 5.73 Å². The van der Waals surface area contributed by atoms with E-state index in [2.05, 4.69) is 6.92 Å². The highest BCUT2D eigenvalue weighted by Crippen LogP contribution is 1.98. The number of nitrogens with two attached hydrogens (primary N) is 1. The summed E-state index contributed by atoms with van der Waals surface area (Å²) < 4.78 is 15.7. The number of hydrogen-bond donors (Lipinski definition) is 1. The molecule has 4 nitrogen and oxygen atoms in total. The molecule has 0 saturated heterocycles. The Balaban J connectivity index is 2.93. The van der Waals surface area contributed by atoms with Crippen LogP contribution in [0.15, 0.2) is 0 Å². The van der Waals surface area contributed by atoms with E-state index in [-0.39, 0.29) is 0 Å². The summed E-state index contributed by atoms with van der Waals surface area (Å²) in [7, 11) is 1.70. The van der Waals surface area contributed by atoms with Gasteiger partial charge in [0, 0.05) is 33.0 Å². The lowest BCUT2D eigenvalue weighted by atomic mass is 10.1. The van der Waals surface area contributed by atoms with Gasteiger partial charge in [0.15, 0.2) is 0 Å². The maximum absolute atomic E-state index is 5.79. The van der Waals surface area contributed by atoms with E-state index in [0.29, 0.717) is 19.3 Å². The van der Waals surface area contributed by atoms with Crippen LogP contribution in [-0.4, -0.2) is 46.2 Å². The molecule has 0 aliphatic rings. The van der Waals surface area contributed by atoms with Crippen molar-refractivity contribution < 1.29 is 14.2 Å². The molecule has 0 aromatic carbocycles. The van der Waals surface area contributed by atoms with Crippen LogP contribution in [0.1, 0.15) is 32.6 Å². The predicted molar refractivity (Wildman–Crippen MR) is 65.6 cm³/mol. The Morgan fingerprint density at radius 3 is 2.12 bits per heavy atom. The smallest absolute Gasteiger partial charge is 0.0700 e. The average molecular weight is 233 g/mol. The third-order valence-corrected chi connectivity index (χ3v) is 2.40. The Morgan fingerprint density at radius 1 is 0.938 bits per heavy atom. The first kappa shape index (κ1) is 15.8. The lowest BCUT2D eigenvalue weighted by Crippen LogP contribution is -2.19. The van der Waals surface area contributed by atoms with Gasteiger partial charge in [-0.25, -0.2) is 0 Å².